The fraction of sp³-hybridized carbons (Fsp3) is 0.190. The smallest absolute Gasteiger partial charge is 0.416 e. The molecule has 12 heteroatoms. The summed E-state index contributed by atoms with van der Waals surface area (Å²) < 4.78 is 54.5. The number of hydrogen-bond acceptors (Lipinski definition) is 7. The van der Waals surface area contributed by atoms with Gasteiger partial charge in [-0.2, -0.15) is 13.2 Å². The second kappa shape index (κ2) is 8.70. The first-order valence-corrected chi connectivity index (χ1v) is 10.2. The van der Waals surface area contributed by atoms with Gasteiger partial charge < -0.3 is 19.5 Å². The summed E-state index contributed by atoms with van der Waals surface area (Å²) in [6.07, 6.45) is -3.15. The van der Waals surface area contributed by atoms with Crippen molar-refractivity contribution < 1.29 is 41.8 Å². The molecule has 2 aliphatic rings. The van der Waals surface area contributed by atoms with Crippen LogP contribution in [0.4, 0.5) is 23.7 Å². The molecule has 172 valence electrons. The van der Waals surface area contributed by atoms with Crippen LogP contribution in [0.1, 0.15) is 11.1 Å². The number of alkyl halides is 3. The molecule has 0 spiro atoms. The number of benzene rings is 2. The van der Waals surface area contributed by atoms with Gasteiger partial charge in [-0.25, -0.2) is 0 Å². The molecule has 33 heavy (non-hydrogen) atoms. The molecule has 2 aromatic rings. The average molecular weight is 480 g/mol. The number of hydrogen-bond donors (Lipinski definition) is 1. The molecule has 8 nitrogen and oxygen atoms in total. The lowest BCUT2D eigenvalue weighted by Gasteiger charge is -2.16. The Hall–Kier alpha value is -3.67. The lowest BCUT2D eigenvalue weighted by Crippen LogP contribution is -2.36. The molecule has 2 aliphatic heterocycles. The third-order valence-corrected chi connectivity index (χ3v) is 5.58. The van der Waals surface area contributed by atoms with Crippen LogP contribution in [0.15, 0.2) is 41.3 Å². The van der Waals surface area contributed by atoms with E-state index in [1.165, 1.54) is 13.2 Å². The van der Waals surface area contributed by atoms with E-state index >= 15 is 0 Å². The molecule has 2 heterocycles. The summed E-state index contributed by atoms with van der Waals surface area (Å²) in [6.45, 7) is -0.594. The van der Waals surface area contributed by atoms with Crippen molar-refractivity contribution in [2.24, 2.45) is 0 Å². The zero-order valence-electron chi connectivity index (χ0n) is 16.9. The number of carbonyl (C=O) groups excluding carboxylic acids is 3. The Kier molecular flexibility index (Phi) is 5.93. The molecule has 0 saturated carbocycles. The molecule has 3 amide bonds. The van der Waals surface area contributed by atoms with E-state index in [0.29, 0.717) is 39.8 Å². The molecule has 0 aliphatic carbocycles. The van der Waals surface area contributed by atoms with Gasteiger partial charge in [0.25, 0.3) is 11.1 Å². The Labute approximate surface area is 189 Å². The molecule has 1 N–H and O–H groups in total. The van der Waals surface area contributed by atoms with E-state index in [0.717, 1.165) is 12.1 Å². The number of anilines is 1. The standard InChI is InChI=1S/C21H15F3N2O6S/c1-30-14-5-3-12(21(22,23)24)8-13(14)25-18(27)9-26-19(28)17(33-20(26)29)7-11-2-4-15-16(6-11)32-10-31-15/h2-8H,9-10H2,1H3,(H,25,27)/b17-7-. The third kappa shape index (κ3) is 4.75. The van der Waals surface area contributed by atoms with Crippen LogP contribution < -0.4 is 19.5 Å². The van der Waals surface area contributed by atoms with Crippen molar-refractivity contribution in [3.8, 4) is 17.2 Å². The maximum absolute atomic E-state index is 13.0. The minimum absolute atomic E-state index is 0.00630. The van der Waals surface area contributed by atoms with Crippen LogP contribution in [-0.4, -0.2) is 42.4 Å². The topological polar surface area (TPSA) is 94.2 Å². The van der Waals surface area contributed by atoms with Crippen LogP contribution in [0.2, 0.25) is 0 Å². The second-order valence-corrected chi connectivity index (χ2v) is 7.83. The minimum Gasteiger partial charge on any atom is -0.495 e. The van der Waals surface area contributed by atoms with Crippen molar-refractivity contribution in [3.05, 3.63) is 52.4 Å². The van der Waals surface area contributed by atoms with Crippen molar-refractivity contribution in [1.29, 1.82) is 0 Å². The molecular formula is C21H15F3N2O6S. The molecule has 0 aromatic heterocycles. The first kappa shape index (κ1) is 22.5. The first-order chi connectivity index (χ1) is 15.7. The maximum atomic E-state index is 13.0. The third-order valence-electron chi connectivity index (χ3n) is 4.67. The highest BCUT2D eigenvalue weighted by Gasteiger charge is 2.37. The molecule has 2 aromatic carbocycles. The van der Waals surface area contributed by atoms with Crippen LogP contribution >= 0.6 is 11.8 Å². The molecule has 0 unspecified atom stereocenters. The van der Waals surface area contributed by atoms with Crippen LogP contribution in [0.5, 0.6) is 17.2 Å². The zero-order chi connectivity index (χ0) is 23.8. The Morgan fingerprint density at radius 1 is 1.18 bits per heavy atom. The van der Waals surface area contributed by atoms with E-state index in [2.05, 4.69) is 5.32 Å². The van der Waals surface area contributed by atoms with Gasteiger partial charge in [-0.05, 0) is 53.7 Å². The molecule has 0 atom stereocenters. The number of imide groups is 1. The lowest BCUT2D eigenvalue weighted by atomic mass is 10.1. The number of amides is 3. The Morgan fingerprint density at radius 2 is 1.94 bits per heavy atom. The number of nitrogens with zero attached hydrogens (tertiary/aromatic N) is 1. The number of ether oxygens (including phenoxy) is 3. The summed E-state index contributed by atoms with van der Waals surface area (Å²) >= 11 is 0.645. The summed E-state index contributed by atoms with van der Waals surface area (Å²) in [5, 5.41) is 1.58. The Bertz CT molecular complexity index is 1180. The number of halogens is 3. The fourth-order valence-corrected chi connectivity index (χ4v) is 3.94. The summed E-state index contributed by atoms with van der Waals surface area (Å²) in [7, 11) is 1.23. The molecule has 1 fully saturated rings. The van der Waals surface area contributed by atoms with Crippen LogP contribution in [-0.2, 0) is 15.8 Å². The lowest BCUT2D eigenvalue weighted by molar-refractivity contribution is -0.137. The van der Waals surface area contributed by atoms with E-state index < -0.39 is 35.3 Å². The number of fused-ring (bicyclic) bond motifs is 1. The summed E-state index contributed by atoms with van der Waals surface area (Å²) in [4.78, 5) is 38.2. The van der Waals surface area contributed by atoms with Gasteiger partial charge in [-0.1, -0.05) is 6.07 Å². The summed E-state index contributed by atoms with van der Waals surface area (Å²) in [5.41, 5.74) is -0.639. The van der Waals surface area contributed by atoms with Crippen LogP contribution in [0, 0.1) is 0 Å². The first-order valence-electron chi connectivity index (χ1n) is 9.36. The molecule has 0 radical (unpaired) electrons. The number of methoxy groups -OCH3 is 1. The Balaban J connectivity index is 1.48. The van der Waals surface area contributed by atoms with Crippen molar-refractivity contribution >= 4 is 40.6 Å². The SMILES string of the molecule is COc1ccc(C(F)(F)F)cc1NC(=O)CN1C(=O)S/C(=C\c2ccc3c(c2)OCO3)C1=O. The van der Waals surface area contributed by atoms with E-state index in [1.807, 2.05) is 0 Å². The monoisotopic (exact) mass is 480 g/mol. The zero-order valence-corrected chi connectivity index (χ0v) is 17.7. The predicted molar refractivity (Wildman–Crippen MR) is 112 cm³/mol. The molecular weight excluding hydrogens is 465 g/mol. The summed E-state index contributed by atoms with van der Waals surface area (Å²) in [5.74, 6) is -0.513. The largest absolute Gasteiger partial charge is 0.495 e. The number of rotatable bonds is 5. The second-order valence-electron chi connectivity index (χ2n) is 6.84. The molecule has 0 bridgehead atoms. The normalized spacial score (nSPS) is 16.5. The Morgan fingerprint density at radius 3 is 2.67 bits per heavy atom. The quantitative estimate of drug-likeness (QED) is 0.644. The van der Waals surface area contributed by atoms with Gasteiger partial charge in [0.05, 0.1) is 23.3 Å². The predicted octanol–water partition coefficient (Wildman–Crippen LogP) is 4.12. The molecule has 1 saturated heterocycles. The van der Waals surface area contributed by atoms with Gasteiger partial charge in [-0.15, -0.1) is 0 Å². The maximum Gasteiger partial charge on any atom is 0.416 e. The van der Waals surface area contributed by atoms with Crippen LogP contribution in [0.3, 0.4) is 0 Å². The van der Waals surface area contributed by atoms with Gasteiger partial charge in [-0.3, -0.25) is 19.3 Å². The number of nitrogens with one attached hydrogen (secondary N) is 1. The van der Waals surface area contributed by atoms with Gasteiger partial charge in [0, 0.05) is 0 Å². The highest BCUT2D eigenvalue weighted by Crippen LogP contribution is 2.37. The van der Waals surface area contributed by atoms with E-state index in [1.54, 1.807) is 18.2 Å². The number of thioether (sulfide) groups is 1. The van der Waals surface area contributed by atoms with Gasteiger partial charge in [0.1, 0.15) is 12.3 Å². The summed E-state index contributed by atoms with van der Waals surface area (Å²) in [6, 6.07) is 7.56. The van der Waals surface area contributed by atoms with Crippen molar-refractivity contribution in [1.82, 2.24) is 4.90 Å². The van der Waals surface area contributed by atoms with Gasteiger partial charge in [0.15, 0.2) is 11.5 Å². The van der Waals surface area contributed by atoms with E-state index in [4.69, 9.17) is 14.2 Å². The average Bonchev–Trinajstić information content (AvgIpc) is 3.32. The van der Waals surface area contributed by atoms with E-state index in [9.17, 15) is 27.6 Å². The highest BCUT2D eigenvalue weighted by molar-refractivity contribution is 8.18. The number of carbonyl (C=O) groups is 3. The van der Waals surface area contributed by atoms with Crippen molar-refractivity contribution in [2.75, 3.05) is 25.8 Å². The minimum atomic E-state index is -4.63. The van der Waals surface area contributed by atoms with Crippen LogP contribution in [0.25, 0.3) is 6.08 Å². The van der Waals surface area contributed by atoms with Gasteiger partial charge >= 0.3 is 6.18 Å². The van der Waals surface area contributed by atoms with Crippen molar-refractivity contribution in [3.63, 3.8) is 0 Å². The van der Waals surface area contributed by atoms with Gasteiger partial charge in [0.2, 0.25) is 12.7 Å². The highest BCUT2D eigenvalue weighted by atomic mass is 32.2. The molecule has 4 rings (SSSR count). The fourth-order valence-electron chi connectivity index (χ4n) is 3.11. The van der Waals surface area contributed by atoms with Crippen molar-refractivity contribution in [2.45, 2.75) is 6.18 Å². The van der Waals surface area contributed by atoms with E-state index in [-0.39, 0.29) is 23.1 Å².